The summed E-state index contributed by atoms with van der Waals surface area (Å²) in [5.74, 6) is 0.660. The van der Waals surface area contributed by atoms with E-state index < -0.39 is 11.5 Å². The van der Waals surface area contributed by atoms with Crippen LogP contribution in [-0.4, -0.2) is 47.6 Å². The summed E-state index contributed by atoms with van der Waals surface area (Å²) in [6, 6.07) is 4.82. The molecule has 0 radical (unpaired) electrons. The third kappa shape index (κ3) is 4.21. The van der Waals surface area contributed by atoms with Crippen LogP contribution in [0.4, 0.5) is 11.4 Å². The number of nitrogens with one attached hydrogen (secondary N) is 1. The molecule has 1 N–H and O–H groups in total. The molecule has 0 bridgehead atoms. The van der Waals surface area contributed by atoms with Gasteiger partial charge in [-0.2, -0.15) is 5.10 Å². The molecule has 1 aliphatic rings. The molecule has 0 spiro atoms. The van der Waals surface area contributed by atoms with Gasteiger partial charge in [-0.05, 0) is 26.0 Å². The lowest BCUT2D eigenvalue weighted by Gasteiger charge is -2.31. The number of aromatic nitrogens is 2. The van der Waals surface area contributed by atoms with Crippen molar-refractivity contribution in [3.63, 3.8) is 0 Å². The zero-order valence-corrected chi connectivity index (χ0v) is 17.4. The fourth-order valence-electron chi connectivity index (χ4n) is 3.02. The van der Waals surface area contributed by atoms with Crippen LogP contribution in [-0.2, 0) is 16.1 Å². The Morgan fingerprint density at radius 2 is 2.03 bits per heavy atom. The number of nitrogens with zero attached hydrogens (tertiary/aromatic N) is 3. The van der Waals surface area contributed by atoms with Gasteiger partial charge in [0, 0.05) is 12.1 Å². The summed E-state index contributed by atoms with van der Waals surface area (Å²) in [6.45, 7) is 3.37. The predicted molar refractivity (Wildman–Crippen MR) is 110 cm³/mol. The molecular formula is C19H22N4O5S. The van der Waals surface area contributed by atoms with Crippen molar-refractivity contribution in [1.29, 1.82) is 0 Å². The van der Waals surface area contributed by atoms with Crippen LogP contribution in [0, 0.1) is 0 Å². The fourth-order valence-corrected chi connectivity index (χ4v) is 3.88. The number of carbonyl (C=O) groups excluding carboxylic acids is 2. The number of thioether (sulfide) groups is 1. The number of hydrogen-bond donors (Lipinski definition) is 1. The summed E-state index contributed by atoms with van der Waals surface area (Å²) in [5, 5.41) is 6.80. The van der Waals surface area contributed by atoms with Gasteiger partial charge < -0.3 is 19.7 Å². The second-order valence-electron chi connectivity index (χ2n) is 6.58. The molecule has 0 saturated heterocycles. The molecule has 3 rings (SSSR count). The summed E-state index contributed by atoms with van der Waals surface area (Å²) in [5.41, 5.74) is 0.199. The second kappa shape index (κ2) is 8.56. The SMILES string of the molecule is COc1ccc(OC)c(NC(=O)Cn2ncc3c(c2=O)N(C(C)C)C(=O)CS3)c1. The van der Waals surface area contributed by atoms with Crippen molar-refractivity contribution in [1.82, 2.24) is 9.78 Å². The van der Waals surface area contributed by atoms with Crippen LogP contribution in [0.5, 0.6) is 11.5 Å². The highest BCUT2D eigenvalue weighted by atomic mass is 32.2. The Bertz CT molecular complexity index is 1000. The van der Waals surface area contributed by atoms with Crippen LogP contribution in [0.1, 0.15) is 13.8 Å². The quantitative estimate of drug-likeness (QED) is 0.762. The van der Waals surface area contributed by atoms with Gasteiger partial charge >= 0.3 is 0 Å². The van der Waals surface area contributed by atoms with Gasteiger partial charge in [-0.25, -0.2) is 4.68 Å². The average molecular weight is 418 g/mol. The van der Waals surface area contributed by atoms with Crippen molar-refractivity contribution in [2.24, 2.45) is 0 Å². The van der Waals surface area contributed by atoms with E-state index in [0.29, 0.717) is 22.1 Å². The van der Waals surface area contributed by atoms with Crippen molar-refractivity contribution in [3.8, 4) is 11.5 Å². The molecule has 1 aromatic carbocycles. The minimum Gasteiger partial charge on any atom is -0.497 e. The number of rotatable bonds is 6. The van der Waals surface area contributed by atoms with Crippen LogP contribution in [0.2, 0.25) is 0 Å². The van der Waals surface area contributed by atoms with Crippen LogP contribution in [0.25, 0.3) is 0 Å². The summed E-state index contributed by atoms with van der Waals surface area (Å²) in [4.78, 5) is 39.9. The summed E-state index contributed by atoms with van der Waals surface area (Å²) in [6.07, 6.45) is 1.52. The number of carbonyl (C=O) groups is 2. The Morgan fingerprint density at radius 3 is 2.69 bits per heavy atom. The molecule has 2 heterocycles. The maximum atomic E-state index is 13.0. The van der Waals surface area contributed by atoms with Crippen molar-refractivity contribution in [2.75, 3.05) is 30.2 Å². The zero-order chi connectivity index (χ0) is 21.1. The third-order valence-electron chi connectivity index (χ3n) is 4.34. The first-order valence-electron chi connectivity index (χ1n) is 8.92. The third-order valence-corrected chi connectivity index (χ3v) is 5.34. The van der Waals surface area contributed by atoms with E-state index in [1.54, 1.807) is 18.2 Å². The van der Waals surface area contributed by atoms with E-state index in [1.165, 1.54) is 37.1 Å². The topological polar surface area (TPSA) is 103 Å². The largest absolute Gasteiger partial charge is 0.497 e. The predicted octanol–water partition coefficient (Wildman–Crippen LogP) is 1.75. The molecule has 2 amide bonds. The van der Waals surface area contributed by atoms with Gasteiger partial charge in [0.2, 0.25) is 11.8 Å². The Hall–Kier alpha value is -3.01. The highest BCUT2D eigenvalue weighted by Gasteiger charge is 2.31. The van der Waals surface area contributed by atoms with E-state index in [0.717, 1.165) is 4.68 Å². The maximum Gasteiger partial charge on any atom is 0.292 e. The van der Waals surface area contributed by atoms with Gasteiger partial charge in [0.05, 0.1) is 36.8 Å². The molecule has 0 unspecified atom stereocenters. The van der Waals surface area contributed by atoms with E-state index in [4.69, 9.17) is 9.47 Å². The van der Waals surface area contributed by atoms with E-state index in [9.17, 15) is 14.4 Å². The lowest BCUT2D eigenvalue weighted by molar-refractivity contribution is -0.117. The summed E-state index contributed by atoms with van der Waals surface area (Å²) in [7, 11) is 3.01. The zero-order valence-electron chi connectivity index (χ0n) is 16.6. The Balaban J connectivity index is 1.87. The highest BCUT2D eigenvalue weighted by molar-refractivity contribution is 8.00. The lowest BCUT2D eigenvalue weighted by atomic mass is 10.2. The van der Waals surface area contributed by atoms with E-state index >= 15 is 0 Å². The summed E-state index contributed by atoms with van der Waals surface area (Å²) < 4.78 is 11.5. The van der Waals surface area contributed by atoms with E-state index in [-0.39, 0.29) is 29.9 Å². The van der Waals surface area contributed by atoms with Gasteiger partial charge in [0.25, 0.3) is 5.56 Å². The molecule has 1 aliphatic heterocycles. The van der Waals surface area contributed by atoms with Crippen LogP contribution < -0.4 is 25.2 Å². The minimum absolute atomic E-state index is 0.141. The molecular weight excluding hydrogens is 396 g/mol. The van der Waals surface area contributed by atoms with Crippen molar-refractivity contribution < 1.29 is 19.1 Å². The molecule has 9 nitrogen and oxygen atoms in total. The van der Waals surface area contributed by atoms with E-state index in [1.807, 2.05) is 13.8 Å². The highest BCUT2D eigenvalue weighted by Crippen LogP contribution is 2.33. The summed E-state index contributed by atoms with van der Waals surface area (Å²) >= 11 is 1.27. The number of methoxy groups -OCH3 is 2. The smallest absolute Gasteiger partial charge is 0.292 e. The van der Waals surface area contributed by atoms with Crippen molar-refractivity contribution in [2.45, 2.75) is 31.3 Å². The Labute approximate surface area is 172 Å². The Kier molecular flexibility index (Phi) is 6.12. The number of benzene rings is 1. The standard InChI is InChI=1S/C19H22N4O5S/c1-11(2)23-17(25)10-29-15-8-20-22(19(26)18(15)23)9-16(24)21-13-7-12(27-3)5-6-14(13)28-4/h5-8,11H,9-10H2,1-4H3,(H,21,24). The van der Waals surface area contributed by atoms with Crippen LogP contribution in [0.3, 0.4) is 0 Å². The second-order valence-corrected chi connectivity index (χ2v) is 7.60. The number of anilines is 2. The van der Waals surface area contributed by atoms with Gasteiger partial charge in [-0.15, -0.1) is 11.8 Å². The minimum atomic E-state index is -0.482. The number of ether oxygens (including phenoxy) is 2. The molecule has 2 aromatic rings. The molecule has 29 heavy (non-hydrogen) atoms. The molecule has 0 fully saturated rings. The van der Waals surface area contributed by atoms with Gasteiger partial charge in [-0.3, -0.25) is 14.4 Å². The molecule has 0 atom stereocenters. The maximum absolute atomic E-state index is 13.0. The van der Waals surface area contributed by atoms with Crippen LogP contribution >= 0.6 is 11.8 Å². The first-order chi connectivity index (χ1) is 13.8. The first kappa shape index (κ1) is 20.7. The molecule has 1 aromatic heterocycles. The molecule has 154 valence electrons. The van der Waals surface area contributed by atoms with Gasteiger partial charge in [0.15, 0.2) is 0 Å². The average Bonchev–Trinajstić information content (AvgIpc) is 2.69. The van der Waals surface area contributed by atoms with Crippen molar-refractivity contribution >= 4 is 35.0 Å². The number of amides is 2. The van der Waals surface area contributed by atoms with Crippen molar-refractivity contribution in [3.05, 3.63) is 34.7 Å². The lowest BCUT2D eigenvalue weighted by Crippen LogP contribution is -2.45. The monoisotopic (exact) mass is 418 g/mol. The number of fused-ring (bicyclic) bond motifs is 1. The van der Waals surface area contributed by atoms with E-state index in [2.05, 4.69) is 10.4 Å². The van der Waals surface area contributed by atoms with Crippen LogP contribution in [0.15, 0.2) is 34.1 Å². The van der Waals surface area contributed by atoms with Gasteiger partial charge in [-0.1, -0.05) is 0 Å². The normalized spacial score (nSPS) is 13.3. The molecule has 0 saturated carbocycles. The molecule has 0 aliphatic carbocycles. The number of hydrogen-bond acceptors (Lipinski definition) is 7. The Morgan fingerprint density at radius 1 is 1.28 bits per heavy atom. The molecule has 10 heteroatoms. The van der Waals surface area contributed by atoms with Gasteiger partial charge in [0.1, 0.15) is 23.7 Å². The first-order valence-corrected chi connectivity index (χ1v) is 9.91. The fraction of sp³-hybridized carbons (Fsp3) is 0.368.